The zero-order valence-corrected chi connectivity index (χ0v) is 10.8. The molecule has 1 saturated heterocycles. The van der Waals surface area contributed by atoms with Crippen LogP contribution in [0.1, 0.15) is 0 Å². The van der Waals surface area contributed by atoms with Gasteiger partial charge in [-0.25, -0.2) is 4.98 Å². The van der Waals surface area contributed by atoms with Gasteiger partial charge in [-0.15, -0.1) is 0 Å². The SMILES string of the molecule is Nc1ccc2nc(N3CCN(CCO)CC3)[nH]c2c1. The monoisotopic (exact) mass is 261 g/mol. The van der Waals surface area contributed by atoms with Crippen LogP contribution in [-0.4, -0.2) is 59.3 Å². The van der Waals surface area contributed by atoms with E-state index in [-0.39, 0.29) is 6.61 Å². The Kier molecular flexibility index (Phi) is 3.27. The number of aliphatic hydroxyl groups is 1. The lowest BCUT2D eigenvalue weighted by Gasteiger charge is -2.34. The van der Waals surface area contributed by atoms with Crippen molar-refractivity contribution in [2.24, 2.45) is 0 Å². The van der Waals surface area contributed by atoms with Gasteiger partial charge in [0.2, 0.25) is 5.95 Å². The van der Waals surface area contributed by atoms with Crippen molar-refractivity contribution in [2.45, 2.75) is 0 Å². The van der Waals surface area contributed by atoms with Gasteiger partial charge in [0.25, 0.3) is 0 Å². The van der Waals surface area contributed by atoms with Gasteiger partial charge < -0.3 is 20.7 Å². The Morgan fingerprint density at radius 1 is 1.26 bits per heavy atom. The Balaban J connectivity index is 1.74. The van der Waals surface area contributed by atoms with E-state index in [1.54, 1.807) is 0 Å². The number of nitrogens with one attached hydrogen (secondary N) is 1. The molecule has 19 heavy (non-hydrogen) atoms. The van der Waals surface area contributed by atoms with E-state index in [4.69, 9.17) is 10.8 Å². The highest BCUT2D eigenvalue weighted by Gasteiger charge is 2.18. The van der Waals surface area contributed by atoms with Gasteiger partial charge in [-0.05, 0) is 18.2 Å². The molecular formula is C13H19N5O. The first-order chi connectivity index (χ1) is 9.26. The van der Waals surface area contributed by atoms with E-state index >= 15 is 0 Å². The molecule has 6 nitrogen and oxygen atoms in total. The quantitative estimate of drug-likeness (QED) is 0.690. The number of aromatic nitrogens is 2. The van der Waals surface area contributed by atoms with Crippen molar-refractivity contribution >= 4 is 22.7 Å². The molecular weight excluding hydrogens is 242 g/mol. The van der Waals surface area contributed by atoms with E-state index in [2.05, 4.69) is 19.8 Å². The summed E-state index contributed by atoms with van der Waals surface area (Å²) >= 11 is 0. The Hall–Kier alpha value is -1.79. The van der Waals surface area contributed by atoms with Crippen LogP contribution in [0.25, 0.3) is 11.0 Å². The fraction of sp³-hybridized carbons (Fsp3) is 0.462. The fourth-order valence-corrected chi connectivity index (χ4v) is 2.49. The van der Waals surface area contributed by atoms with E-state index in [0.717, 1.165) is 55.4 Å². The second-order valence-corrected chi connectivity index (χ2v) is 4.89. The van der Waals surface area contributed by atoms with Crippen LogP contribution in [0.4, 0.5) is 11.6 Å². The molecule has 0 aliphatic carbocycles. The number of fused-ring (bicyclic) bond motifs is 1. The number of H-pyrrole nitrogens is 1. The smallest absolute Gasteiger partial charge is 0.203 e. The number of aromatic amines is 1. The molecule has 0 atom stereocenters. The maximum Gasteiger partial charge on any atom is 0.203 e. The predicted octanol–water partition coefficient (Wildman–Crippen LogP) is 0.259. The molecule has 0 amide bonds. The van der Waals surface area contributed by atoms with Crippen LogP contribution in [-0.2, 0) is 0 Å². The number of hydrogen-bond acceptors (Lipinski definition) is 5. The lowest BCUT2D eigenvalue weighted by Crippen LogP contribution is -2.47. The number of β-amino-alcohol motifs (C(OH)–C–C–N with tert-alkyl or cyclic N) is 1. The van der Waals surface area contributed by atoms with Crippen LogP contribution >= 0.6 is 0 Å². The first kappa shape index (κ1) is 12.3. The highest BCUT2D eigenvalue weighted by atomic mass is 16.3. The topological polar surface area (TPSA) is 81.4 Å². The molecule has 1 aliphatic heterocycles. The molecule has 1 aromatic carbocycles. The molecule has 0 spiro atoms. The lowest BCUT2D eigenvalue weighted by atomic mass is 10.3. The Morgan fingerprint density at radius 3 is 2.79 bits per heavy atom. The van der Waals surface area contributed by atoms with Crippen molar-refractivity contribution in [3.63, 3.8) is 0 Å². The number of piperazine rings is 1. The Labute approximate surface area is 111 Å². The van der Waals surface area contributed by atoms with Gasteiger partial charge in [0.15, 0.2) is 0 Å². The van der Waals surface area contributed by atoms with Crippen LogP contribution < -0.4 is 10.6 Å². The summed E-state index contributed by atoms with van der Waals surface area (Å²) < 4.78 is 0. The van der Waals surface area contributed by atoms with E-state index in [1.807, 2.05) is 18.2 Å². The van der Waals surface area contributed by atoms with Crippen LogP contribution in [0.5, 0.6) is 0 Å². The second-order valence-electron chi connectivity index (χ2n) is 4.89. The van der Waals surface area contributed by atoms with Gasteiger partial charge in [0, 0.05) is 38.4 Å². The summed E-state index contributed by atoms with van der Waals surface area (Å²) in [6.07, 6.45) is 0. The molecule has 1 fully saturated rings. The van der Waals surface area contributed by atoms with Crippen molar-refractivity contribution in [3.05, 3.63) is 18.2 Å². The average Bonchev–Trinajstić information content (AvgIpc) is 2.83. The summed E-state index contributed by atoms with van der Waals surface area (Å²) in [5, 5.41) is 8.94. The van der Waals surface area contributed by atoms with E-state index in [9.17, 15) is 0 Å². The number of rotatable bonds is 3. The van der Waals surface area contributed by atoms with Crippen LogP contribution in [0.3, 0.4) is 0 Å². The highest BCUT2D eigenvalue weighted by molar-refractivity contribution is 5.80. The van der Waals surface area contributed by atoms with Gasteiger partial charge in [-0.2, -0.15) is 0 Å². The summed E-state index contributed by atoms with van der Waals surface area (Å²) in [7, 11) is 0. The summed E-state index contributed by atoms with van der Waals surface area (Å²) in [5.74, 6) is 0.907. The number of nitrogens with zero attached hydrogens (tertiary/aromatic N) is 3. The van der Waals surface area contributed by atoms with Gasteiger partial charge in [-0.3, -0.25) is 4.90 Å². The Bertz CT molecular complexity index is 559. The van der Waals surface area contributed by atoms with E-state index in [0.29, 0.717) is 0 Å². The molecule has 1 aromatic heterocycles. The minimum atomic E-state index is 0.226. The molecule has 102 valence electrons. The zero-order chi connectivity index (χ0) is 13.2. The number of nitrogens with two attached hydrogens (primary N) is 1. The number of aliphatic hydroxyl groups excluding tert-OH is 1. The van der Waals surface area contributed by atoms with Gasteiger partial charge in [0.1, 0.15) is 0 Å². The van der Waals surface area contributed by atoms with Gasteiger partial charge >= 0.3 is 0 Å². The largest absolute Gasteiger partial charge is 0.399 e. The fourth-order valence-electron chi connectivity index (χ4n) is 2.49. The first-order valence-corrected chi connectivity index (χ1v) is 6.59. The third-order valence-corrected chi connectivity index (χ3v) is 3.58. The highest BCUT2D eigenvalue weighted by Crippen LogP contribution is 2.20. The van der Waals surface area contributed by atoms with Crippen LogP contribution in [0, 0.1) is 0 Å². The van der Waals surface area contributed by atoms with Crippen molar-refractivity contribution in [3.8, 4) is 0 Å². The molecule has 4 N–H and O–H groups in total. The molecule has 0 unspecified atom stereocenters. The predicted molar refractivity (Wildman–Crippen MR) is 76.2 cm³/mol. The minimum absolute atomic E-state index is 0.226. The molecule has 0 bridgehead atoms. The number of anilines is 2. The molecule has 0 radical (unpaired) electrons. The summed E-state index contributed by atoms with van der Waals surface area (Å²) in [5.41, 5.74) is 8.44. The summed E-state index contributed by atoms with van der Waals surface area (Å²) in [6.45, 7) is 4.75. The number of nitrogen functional groups attached to an aromatic ring is 1. The zero-order valence-electron chi connectivity index (χ0n) is 10.8. The van der Waals surface area contributed by atoms with Crippen LogP contribution in [0.15, 0.2) is 18.2 Å². The maximum atomic E-state index is 8.94. The van der Waals surface area contributed by atoms with Crippen molar-refractivity contribution < 1.29 is 5.11 Å². The molecule has 2 heterocycles. The molecule has 1 aliphatic rings. The van der Waals surface area contributed by atoms with Crippen molar-refractivity contribution in [1.82, 2.24) is 14.9 Å². The standard InChI is InChI=1S/C13H19N5O/c14-10-1-2-11-12(9-10)16-13(15-11)18-5-3-17(4-6-18)7-8-19/h1-2,9,19H,3-8,14H2,(H,15,16). The average molecular weight is 261 g/mol. The maximum absolute atomic E-state index is 8.94. The molecule has 3 rings (SSSR count). The molecule has 6 heteroatoms. The lowest BCUT2D eigenvalue weighted by molar-refractivity contribution is 0.188. The van der Waals surface area contributed by atoms with Crippen molar-refractivity contribution in [2.75, 3.05) is 50.0 Å². The second kappa shape index (κ2) is 5.07. The molecule has 2 aromatic rings. The van der Waals surface area contributed by atoms with E-state index < -0.39 is 0 Å². The number of imidazole rings is 1. The third kappa shape index (κ3) is 2.50. The first-order valence-electron chi connectivity index (χ1n) is 6.59. The molecule has 0 saturated carbocycles. The Morgan fingerprint density at radius 2 is 2.05 bits per heavy atom. The minimum Gasteiger partial charge on any atom is -0.399 e. The normalized spacial score (nSPS) is 17.2. The third-order valence-electron chi connectivity index (χ3n) is 3.58. The van der Waals surface area contributed by atoms with Gasteiger partial charge in [0.05, 0.1) is 17.6 Å². The summed E-state index contributed by atoms with van der Waals surface area (Å²) in [6, 6.07) is 5.71. The van der Waals surface area contributed by atoms with Gasteiger partial charge in [-0.1, -0.05) is 0 Å². The number of benzene rings is 1. The van der Waals surface area contributed by atoms with Crippen LogP contribution in [0.2, 0.25) is 0 Å². The summed E-state index contributed by atoms with van der Waals surface area (Å²) in [4.78, 5) is 12.4. The van der Waals surface area contributed by atoms with E-state index in [1.165, 1.54) is 0 Å². The van der Waals surface area contributed by atoms with Crippen molar-refractivity contribution in [1.29, 1.82) is 0 Å². The number of hydrogen-bond donors (Lipinski definition) is 3.